The molecule has 0 amide bonds. The molecule has 1 aromatic rings. The average Bonchev–Trinajstić information content (AvgIpc) is 1.56. The first kappa shape index (κ1) is 103. The fourth-order valence-electron chi connectivity index (χ4n) is 7.45. The molecule has 28 nitrogen and oxygen atoms in total. The van der Waals surface area contributed by atoms with Crippen LogP contribution in [-0.4, -0.2) is 248 Å². The molecule has 2 aliphatic rings. The van der Waals surface area contributed by atoms with E-state index in [2.05, 4.69) is 74.8 Å². The lowest BCUT2D eigenvalue weighted by molar-refractivity contribution is -0.153. The zero-order chi connectivity index (χ0) is 76.0. The smallest absolute Gasteiger partial charge is 0.481 e. The van der Waals surface area contributed by atoms with Crippen LogP contribution < -0.4 is 5.32 Å². The van der Waals surface area contributed by atoms with E-state index in [4.69, 9.17) is 66.0 Å². The van der Waals surface area contributed by atoms with Crippen molar-refractivity contribution in [1.82, 2.24) is 10.2 Å². The summed E-state index contributed by atoms with van der Waals surface area (Å²) >= 11 is 0. The number of ether oxygens (including phenoxy) is 5. The number of likely N-dealkylation sites (N-methyl/N-ethyl adjacent to an activating group) is 1. The Bertz CT molecular complexity index is 2230. The Morgan fingerprint density at radius 3 is 1.41 bits per heavy atom. The van der Waals surface area contributed by atoms with Gasteiger partial charge in [-0.15, -0.1) is 0 Å². The van der Waals surface area contributed by atoms with Crippen LogP contribution in [0.4, 0.5) is 4.79 Å². The number of carboxylic acids is 1. The zero-order valence-corrected chi connectivity index (χ0v) is 60.2. The van der Waals surface area contributed by atoms with Crippen LogP contribution in [0.25, 0.3) is 0 Å². The summed E-state index contributed by atoms with van der Waals surface area (Å²) in [6.45, 7) is 33.2. The van der Waals surface area contributed by atoms with Crippen molar-refractivity contribution < 1.29 is 119 Å². The molecule has 2 saturated carbocycles. The van der Waals surface area contributed by atoms with E-state index in [-0.39, 0.29) is 81.9 Å². The van der Waals surface area contributed by atoms with Crippen LogP contribution in [0.5, 0.6) is 0 Å². The average molecular weight is 1380 g/mol. The normalized spacial score (nSPS) is 15.2. The lowest BCUT2D eigenvalue weighted by Crippen LogP contribution is -2.38. The van der Waals surface area contributed by atoms with E-state index in [1.807, 2.05) is 77.9 Å². The van der Waals surface area contributed by atoms with Crippen molar-refractivity contribution in [2.45, 2.75) is 170 Å². The second-order valence-corrected chi connectivity index (χ2v) is 23.9. The molecule has 3 rings (SSSR count). The Balaban J connectivity index is -0.000000188. The quantitative estimate of drug-likeness (QED) is 0.0117. The molecule has 0 saturated heterocycles. The highest BCUT2D eigenvalue weighted by atomic mass is 16.7. The van der Waals surface area contributed by atoms with Crippen molar-refractivity contribution in [2.24, 2.45) is 32.1 Å². The minimum Gasteiger partial charge on any atom is -0.481 e. The van der Waals surface area contributed by atoms with Crippen molar-refractivity contribution in [3.8, 4) is 0 Å². The van der Waals surface area contributed by atoms with E-state index in [1.165, 1.54) is 47.0 Å². The van der Waals surface area contributed by atoms with Gasteiger partial charge in [0.15, 0.2) is 0 Å². The first-order valence-corrected chi connectivity index (χ1v) is 31.6. The van der Waals surface area contributed by atoms with Gasteiger partial charge in [0.2, 0.25) is 12.2 Å². The molecule has 1 aromatic carbocycles. The Labute approximate surface area is 570 Å². The molecular weight excluding hydrogens is 1260 g/mol. The Hall–Kier alpha value is -6.17. The van der Waals surface area contributed by atoms with Crippen molar-refractivity contribution in [2.75, 3.05) is 127 Å². The van der Waals surface area contributed by atoms with Gasteiger partial charge in [0.25, 0.3) is 0 Å². The fraction of sp³-hybridized carbons (Fsp3) is 0.721. The molecule has 1 unspecified atom stereocenters. The summed E-state index contributed by atoms with van der Waals surface area (Å²) < 4.78 is 22.9. The minimum absolute atomic E-state index is 0.0884. The molecule has 0 spiro atoms. The molecule has 96 heavy (non-hydrogen) atoms. The number of esters is 3. The largest absolute Gasteiger partial charge is 0.507 e. The molecule has 0 heterocycles. The predicted octanol–water partition coefficient (Wildman–Crippen LogP) is 4.97. The van der Waals surface area contributed by atoms with Crippen LogP contribution in [0, 0.1) is 22.2 Å². The van der Waals surface area contributed by atoms with Crippen LogP contribution in [-0.2, 0) is 63.5 Å². The lowest BCUT2D eigenvalue weighted by atomic mass is 9.70. The molecule has 2 fully saturated rings. The molecule has 2 aliphatic carbocycles. The van der Waals surface area contributed by atoms with Gasteiger partial charge < -0.3 is 95.2 Å². The number of carbonyl (C=O) groups is 5. The van der Waals surface area contributed by atoms with E-state index in [0.717, 1.165) is 75.5 Å². The Kier molecular flexibility index (Phi) is 68.4. The second kappa shape index (κ2) is 63.6. The Morgan fingerprint density at radius 1 is 0.708 bits per heavy atom. The molecule has 28 heteroatoms. The third kappa shape index (κ3) is 52.9. The van der Waals surface area contributed by atoms with Gasteiger partial charge >= 0.3 is 30.0 Å². The number of carboxylic acid groups (broad SMARTS) is 1. The van der Waals surface area contributed by atoms with Gasteiger partial charge in [-0.1, -0.05) is 91.0 Å². The molecule has 0 aromatic heterocycles. The summed E-state index contributed by atoms with van der Waals surface area (Å²) in [5.74, 6) is -1.59. The predicted molar refractivity (Wildman–Crippen MR) is 366 cm³/mol. The molecule has 0 aliphatic heterocycles. The van der Waals surface area contributed by atoms with Crippen molar-refractivity contribution in [3.05, 3.63) is 72.4 Å². The van der Waals surface area contributed by atoms with E-state index in [1.54, 1.807) is 19.1 Å². The molecule has 13 N–H and O–H groups in total. The third-order valence-corrected chi connectivity index (χ3v) is 14.4. The first-order chi connectivity index (χ1) is 44.9. The minimum atomic E-state index is -1.39. The number of carbonyl (C=O) groups excluding carboxylic acids is 6. The Morgan fingerprint density at radius 2 is 1.15 bits per heavy atom. The molecule has 2 bridgehead atoms. The maximum atomic E-state index is 11.6. The van der Waals surface area contributed by atoms with E-state index >= 15 is 0 Å². The summed E-state index contributed by atoms with van der Waals surface area (Å²) in [5.41, 5.74) is 0.308. The van der Waals surface area contributed by atoms with Crippen LogP contribution in [0.1, 0.15) is 158 Å². The second-order valence-electron chi connectivity index (χ2n) is 23.9. The highest BCUT2D eigenvalue weighted by Crippen LogP contribution is 2.66. The van der Waals surface area contributed by atoms with Gasteiger partial charge in [-0.2, -0.15) is 9.98 Å². The summed E-state index contributed by atoms with van der Waals surface area (Å²) in [6.07, 6.45) is 13.5. The van der Waals surface area contributed by atoms with Crippen molar-refractivity contribution in [1.29, 1.82) is 0 Å². The fourth-order valence-corrected chi connectivity index (χ4v) is 7.45. The molecule has 4 atom stereocenters. The number of aliphatic carboxylic acids is 1. The van der Waals surface area contributed by atoms with E-state index < -0.39 is 60.5 Å². The number of isocyanates is 2. The molecule has 560 valence electrons. The summed E-state index contributed by atoms with van der Waals surface area (Å²) in [4.78, 5) is 82.8. The number of aliphatic hydroxyl groups is 11. The number of nitrogens with zero attached hydrogens (tertiary/aromatic N) is 3. The zero-order valence-electron chi connectivity index (χ0n) is 60.2. The van der Waals surface area contributed by atoms with E-state index in [9.17, 15) is 33.6 Å². The van der Waals surface area contributed by atoms with Crippen LogP contribution >= 0.6 is 0 Å². The number of methoxy groups -OCH3 is 2. The number of aliphatic hydroxyl groups excluding tert-OH is 11. The maximum absolute atomic E-state index is 11.6. The van der Waals surface area contributed by atoms with Crippen molar-refractivity contribution >= 4 is 42.2 Å². The molecular formula is C68H124N4O24. The van der Waals surface area contributed by atoms with Crippen LogP contribution in [0.2, 0.25) is 0 Å². The maximum Gasteiger partial charge on any atom is 0.507 e. The van der Waals surface area contributed by atoms with Crippen LogP contribution in [0.15, 0.2) is 71.2 Å². The SMILES string of the molecule is C=C(C)C(=O)OCC(O)CO.C=C(C)C(=O)O[C@H]1C[C@@H]2CC[C@@]1(C)C2(C)C.C=CC(=O)OCCCC.CC(C)(N=C=O)c1cccc(C(C)(C)N=C=O)c1.CC(CO)(CO)C(=O)O.CN(C)CCO.COC(=O)OC.OCCCCCCO.OCCCCO.OCCNCCO. The summed E-state index contributed by atoms with van der Waals surface area (Å²) in [6, 6.07) is 7.51. The standard InChI is InChI=1S/C14H16N2O2.C14H22O2.C7H12O4.C7H12O2.C6H14O2.C5H10O4.C4H11NO2.C4H11NO.C4H10O2.C3H6O3/c1-13(2,15-9-17)11-6-5-7-12(8-11)14(3,4)16-10-18;1-9(2)12(15)16-11-8-10-6-7-14(11,5)13(10,3)4;1-5(2)7(10)11-4-6(9)3-8;1-3-5-6-9-7(8)4-2;7-5-3-1-2-4-6-8;1-5(2-6,3-7)4(8)9;6-3-1-5-2-4-7;1-5(2)3-4-6;5-3-1-2-4-6;1-5-3(4)6-2/h5-8H,1-4H3;10-11H,1,6-8H2,2-5H3;6,8-9H,1,3-4H2,2H3;4H,2-3,5-6H2,1H3;7-8H,1-6H2;6-7H,2-3H2,1H3,(H,8,9);5-7H,1-4H2;6H,3-4H2,1-2H3;5-6H,1-4H2;1-2H3/t;10-,11-,14+;;;;;;;;/m.0......../s1. The van der Waals surface area contributed by atoms with Gasteiger partial charge in [-0.25, -0.2) is 28.8 Å². The van der Waals surface area contributed by atoms with Gasteiger partial charge in [-0.05, 0) is 136 Å². The number of unbranched alkanes of at least 4 members (excludes halogenated alkanes) is 5. The number of fused-ring (bicyclic) bond motifs is 2. The lowest BCUT2D eigenvalue weighted by Gasteiger charge is -2.38. The van der Waals surface area contributed by atoms with E-state index in [0.29, 0.717) is 36.6 Å². The summed E-state index contributed by atoms with van der Waals surface area (Å²) in [5, 5.41) is 102. The number of hydrogen-bond acceptors (Lipinski definition) is 27. The molecule has 0 radical (unpaired) electrons. The summed E-state index contributed by atoms with van der Waals surface area (Å²) in [7, 11) is 6.37. The van der Waals surface area contributed by atoms with Gasteiger partial charge in [0, 0.05) is 68.7 Å². The highest BCUT2D eigenvalue weighted by Gasteiger charge is 2.62. The number of rotatable bonds is 31. The monoisotopic (exact) mass is 1380 g/mol. The highest BCUT2D eigenvalue weighted by molar-refractivity contribution is 5.87. The van der Waals surface area contributed by atoms with Crippen LogP contribution in [0.3, 0.4) is 0 Å². The van der Waals surface area contributed by atoms with Crippen molar-refractivity contribution in [3.63, 3.8) is 0 Å². The number of hydrogen-bond donors (Lipinski definition) is 13. The number of nitrogens with one attached hydrogen (secondary N) is 1. The number of aliphatic imine (C=N–C) groups is 2. The van der Waals surface area contributed by atoms with Gasteiger partial charge in [0.1, 0.15) is 24.2 Å². The van der Waals surface area contributed by atoms with Gasteiger partial charge in [0.05, 0.1) is 71.5 Å². The first-order valence-electron chi connectivity index (χ1n) is 31.6. The number of benzene rings is 1. The van der Waals surface area contributed by atoms with Gasteiger partial charge in [-0.3, -0.25) is 4.79 Å². The third-order valence-electron chi connectivity index (χ3n) is 14.4. The topological polar surface area (TPSA) is 448 Å².